The van der Waals surface area contributed by atoms with Crippen LogP contribution in [0.1, 0.15) is 75.2 Å². The Kier molecular flexibility index (Phi) is 7.75. The van der Waals surface area contributed by atoms with Crippen LogP contribution in [0.25, 0.3) is 0 Å². The van der Waals surface area contributed by atoms with Gasteiger partial charge in [-0.3, -0.25) is 19.2 Å². The molecule has 2 saturated heterocycles. The third-order valence-electron chi connectivity index (χ3n) is 14.7. The van der Waals surface area contributed by atoms with Crippen LogP contribution >= 0.6 is 0 Å². The molecule has 7 rings (SSSR count). The number of aliphatic hydroxyl groups is 3. The van der Waals surface area contributed by atoms with E-state index in [0.717, 1.165) is 6.92 Å². The summed E-state index contributed by atoms with van der Waals surface area (Å²) in [5.74, 6) is -10.3. The predicted octanol–water partition coefficient (Wildman–Crippen LogP) is 1.19. The molecule has 0 radical (unpaired) electrons. The lowest BCUT2D eigenvalue weighted by Crippen LogP contribution is -2.79. The van der Waals surface area contributed by atoms with Gasteiger partial charge in [0.25, 0.3) is 0 Å². The number of ether oxygens (including phenoxy) is 5. The molecule has 0 bridgehead atoms. The van der Waals surface area contributed by atoms with Crippen LogP contribution in [0.4, 0.5) is 0 Å². The Hall–Kier alpha value is -3.20. The molecule has 0 spiro atoms. The first-order chi connectivity index (χ1) is 23.5. The summed E-state index contributed by atoms with van der Waals surface area (Å²) in [5, 5.41) is 37.6. The van der Waals surface area contributed by atoms with Crippen molar-refractivity contribution >= 4 is 35.4 Å². The molecule has 0 aromatic carbocycles. The molecular weight excluding hydrogens is 668 g/mol. The molecule has 2 aliphatic heterocycles. The van der Waals surface area contributed by atoms with Gasteiger partial charge < -0.3 is 43.8 Å². The fraction of sp³-hybridized carbons (Fsp3) is 0.784. The van der Waals surface area contributed by atoms with E-state index < -0.39 is 135 Å². The van der Waals surface area contributed by atoms with Gasteiger partial charge in [0, 0.05) is 62.2 Å². The van der Waals surface area contributed by atoms with Crippen molar-refractivity contribution in [2.24, 2.45) is 57.7 Å². The Morgan fingerprint density at radius 3 is 2.06 bits per heavy atom. The maximum absolute atomic E-state index is 15.0. The molecule has 10 unspecified atom stereocenters. The molecule has 18 atom stereocenters. The summed E-state index contributed by atoms with van der Waals surface area (Å²) >= 11 is 0. The van der Waals surface area contributed by atoms with E-state index in [1.165, 1.54) is 27.7 Å². The number of Topliss-reactive ketones (excluding diaryl/α,β-unsaturated/α-hetero) is 2. The number of hydrogen-bond donors (Lipinski definition) is 3. The molecular formula is C37H48O14. The molecule has 0 aromatic heterocycles. The first-order valence-electron chi connectivity index (χ1n) is 17.8. The Morgan fingerprint density at radius 1 is 0.882 bits per heavy atom. The number of hydrogen-bond acceptors (Lipinski definition) is 14. The summed E-state index contributed by atoms with van der Waals surface area (Å²) in [5.41, 5.74) is -8.94. The number of aliphatic hydroxyl groups excluding tert-OH is 1. The molecule has 0 amide bonds. The van der Waals surface area contributed by atoms with E-state index in [0.29, 0.717) is 0 Å². The van der Waals surface area contributed by atoms with Crippen molar-refractivity contribution < 1.29 is 67.8 Å². The number of carbonyl (C=O) groups excluding carboxylic acids is 6. The fourth-order valence-electron chi connectivity index (χ4n) is 12.7. The van der Waals surface area contributed by atoms with Crippen LogP contribution in [0.3, 0.4) is 0 Å². The minimum Gasteiger partial charge on any atom is -0.462 e. The third-order valence-corrected chi connectivity index (χ3v) is 14.7. The van der Waals surface area contributed by atoms with Crippen molar-refractivity contribution in [3.8, 4) is 0 Å². The zero-order valence-electron chi connectivity index (χ0n) is 30.3. The first-order valence-corrected chi connectivity index (χ1v) is 17.8. The number of ketones is 2. The summed E-state index contributed by atoms with van der Waals surface area (Å²) in [6, 6.07) is 0. The second-order valence-corrected chi connectivity index (χ2v) is 17.1. The number of rotatable bonds is 5. The van der Waals surface area contributed by atoms with Gasteiger partial charge in [0.1, 0.15) is 35.5 Å². The molecule has 7 aliphatic rings. The quantitative estimate of drug-likeness (QED) is 0.207. The van der Waals surface area contributed by atoms with Gasteiger partial charge in [-0.1, -0.05) is 20.8 Å². The zero-order valence-corrected chi connectivity index (χ0v) is 30.3. The average molecular weight is 717 g/mol. The first kappa shape index (κ1) is 36.2. The highest BCUT2D eigenvalue weighted by Gasteiger charge is 2.85. The Bertz CT molecular complexity index is 1670. The number of esters is 4. The fourth-order valence-corrected chi connectivity index (χ4v) is 12.7. The second-order valence-electron chi connectivity index (χ2n) is 17.1. The van der Waals surface area contributed by atoms with E-state index in [1.54, 1.807) is 26.8 Å². The molecule has 0 aromatic rings. The number of carbonyl (C=O) groups is 6. The van der Waals surface area contributed by atoms with Crippen LogP contribution in [0.15, 0.2) is 11.8 Å². The van der Waals surface area contributed by atoms with E-state index in [4.69, 9.17) is 23.7 Å². The normalized spacial score (nSPS) is 53.1. The lowest BCUT2D eigenvalue weighted by atomic mass is 9.38. The highest BCUT2D eigenvalue weighted by Crippen LogP contribution is 2.77. The zero-order chi connectivity index (χ0) is 37.7. The van der Waals surface area contributed by atoms with Crippen LogP contribution in [0, 0.1) is 57.7 Å². The number of fused-ring (bicyclic) bond motifs is 10. The van der Waals surface area contributed by atoms with Crippen molar-refractivity contribution in [2.45, 2.75) is 123 Å². The molecule has 4 saturated carbocycles. The third kappa shape index (κ3) is 4.30. The smallest absolute Gasteiger partial charge is 0.343 e. The van der Waals surface area contributed by atoms with Gasteiger partial charge in [-0.05, 0) is 50.5 Å². The molecule has 14 heteroatoms. The highest BCUT2D eigenvalue weighted by atomic mass is 16.6. The van der Waals surface area contributed by atoms with Gasteiger partial charge >= 0.3 is 23.9 Å². The van der Waals surface area contributed by atoms with Crippen LogP contribution in [-0.2, 0) is 52.5 Å². The maximum atomic E-state index is 15.0. The van der Waals surface area contributed by atoms with Gasteiger partial charge in [-0.2, -0.15) is 0 Å². The molecule has 6 fully saturated rings. The molecule has 51 heavy (non-hydrogen) atoms. The molecule has 3 N–H and O–H groups in total. The largest absolute Gasteiger partial charge is 0.462 e. The van der Waals surface area contributed by atoms with Crippen molar-refractivity contribution in [3.63, 3.8) is 0 Å². The lowest BCUT2D eigenvalue weighted by Gasteiger charge is -2.67. The molecule has 5 aliphatic carbocycles. The summed E-state index contributed by atoms with van der Waals surface area (Å²) in [4.78, 5) is 80.2. The van der Waals surface area contributed by atoms with E-state index in [2.05, 4.69) is 0 Å². The number of allylic oxidation sites excluding steroid dienone is 1. The van der Waals surface area contributed by atoms with Crippen molar-refractivity contribution in [2.75, 3.05) is 0 Å². The molecule has 2 heterocycles. The van der Waals surface area contributed by atoms with Crippen molar-refractivity contribution in [1.29, 1.82) is 0 Å². The van der Waals surface area contributed by atoms with E-state index in [-0.39, 0.29) is 24.4 Å². The summed E-state index contributed by atoms with van der Waals surface area (Å²) in [6.45, 7) is 13.1. The minimum atomic E-state index is -2.31. The van der Waals surface area contributed by atoms with Crippen LogP contribution in [0.2, 0.25) is 0 Å². The van der Waals surface area contributed by atoms with Crippen LogP contribution < -0.4 is 0 Å². The lowest BCUT2D eigenvalue weighted by molar-refractivity contribution is -0.283. The van der Waals surface area contributed by atoms with Crippen molar-refractivity contribution in [3.05, 3.63) is 11.8 Å². The van der Waals surface area contributed by atoms with E-state index in [1.807, 2.05) is 6.92 Å². The number of epoxide rings is 1. The maximum Gasteiger partial charge on any atom is 0.343 e. The van der Waals surface area contributed by atoms with Gasteiger partial charge in [0.2, 0.25) is 5.78 Å². The molecule has 14 nitrogen and oxygen atoms in total. The van der Waals surface area contributed by atoms with Crippen LogP contribution in [0.5, 0.6) is 0 Å². The Morgan fingerprint density at radius 2 is 1.49 bits per heavy atom. The van der Waals surface area contributed by atoms with Crippen LogP contribution in [-0.4, -0.2) is 98.6 Å². The summed E-state index contributed by atoms with van der Waals surface area (Å²) in [7, 11) is 0. The Balaban J connectivity index is 1.55. The van der Waals surface area contributed by atoms with Gasteiger partial charge in [0.15, 0.2) is 11.7 Å². The van der Waals surface area contributed by atoms with Gasteiger partial charge in [-0.25, -0.2) is 4.79 Å². The average Bonchev–Trinajstić information content (AvgIpc) is 3.67. The van der Waals surface area contributed by atoms with Crippen molar-refractivity contribution in [1.82, 2.24) is 0 Å². The minimum absolute atomic E-state index is 0.189. The second kappa shape index (κ2) is 10.9. The monoisotopic (exact) mass is 716 g/mol. The van der Waals surface area contributed by atoms with Gasteiger partial charge in [-0.15, -0.1) is 0 Å². The van der Waals surface area contributed by atoms with Gasteiger partial charge in [0.05, 0.1) is 17.6 Å². The topological polar surface area (TPSA) is 213 Å². The standard InChI is InChI=1S/C37H48O14/c1-13-10-20-34(7,36(9,45)32(44)51-20)25-22(13)33(6)24(28(25)48-16(4)40)21-23(18(29(33)42)11-14(2)38)35(8)31(49-17(5)41)26-19(50-26)12-37(35,46)30(43)27(21)47-15(3)39/h10,13,18-19,21-29,31,42,45-46H,11-12H2,1-9H3/t13?,18?,19-,21?,22?,23?,24?,25?,26-,27?,28?,29-,31-,33+,34-,35-,36+,37?/m0/s1. The SMILES string of the molecule is CC(=O)CC1C2C(C(OC(C)=O)C(=O)C3(O)C[C@@H]4O[C@@H]4[C@H](OC(C)=O)[C@]23C)C2C(OC(C)=O)C3C(C(C)C=C4OC(=O)[C@@](C)(O)[C@@]43C)[C@@]2(C)[C@H]1O. The van der Waals surface area contributed by atoms with E-state index in [9.17, 15) is 44.1 Å². The summed E-state index contributed by atoms with van der Waals surface area (Å²) in [6.07, 6.45) is -5.49. The Labute approximate surface area is 295 Å². The molecule has 280 valence electrons. The summed E-state index contributed by atoms with van der Waals surface area (Å²) < 4.78 is 29.6. The van der Waals surface area contributed by atoms with E-state index >= 15 is 0 Å². The highest BCUT2D eigenvalue weighted by molar-refractivity contribution is 5.95. The predicted molar refractivity (Wildman–Crippen MR) is 170 cm³/mol.